The Morgan fingerprint density at radius 3 is 2.41 bits per heavy atom. The standard InChI is InChI=1S/C18H20FNO2/c1-13-5-3-4-6-15(13)12-20(11-14(2)18(21)22)17-9-7-16(19)8-10-17/h3-10,14H,11-12H2,1-2H3,(H,21,22). The van der Waals surface area contributed by atoms with E-state index in [1.165, 1.54) is 12.1 Å². The van der Waals surface area contributed by atoms with E-state index >= 15 is 0 Å². The maximum atomic E-state index is 13.1. The van der Waals surface area contributed by atoms with Crippen LogP contribution in [0.3, 0.4) is 0 Å². The van der Waals surface area contributed by atoms with E-state index in [1.807, 2.05) is 36.1 Å². The van der Waals surface area contributed by atoms with Gasteiger partial charge in [-0.2, -0.15) is 0 Å². The minimum atomic E-state index is -0.836. The van der Waals surface area contributed by atoms with Gasteiger partial charge in [0.2, 0.25) is 0 Å². The molecule has 0 radical (unpaired) electrons. The Morgan fingerprint density at radius 2 is 1.82 bits per heavy atom. The van der Waals surface area contributed by atoms with Gasteiger partial charge in [0.1, 0.15) is 5.82 Å². The molecule has 0 aromatic heterocycles. The van der Waals surface area contributed by atoms with E-state index in [0.29, 0.717) is 13.1 Å². The van der Waals surface area contributed by atoms with Crippen molar-refractivity contribution in [3.63, 3.8) is 0 Å². The summed E-state index contributed by atoms with van der Waals surface area (Å²) in [6.45, 7) is 4.67. The van der Waals surface area contributed by atoms with Crippen molar-refractivity contribution in [1.82, 2.24) is 0 Å². The molecule has 0 heterocycles. The second kappa shape index (κ2) is 7.07. The minimum absolute atomic E-state index is 0.300. The van der Waals surface area contributed by atoms with Crippen LogP contribution in [0.4, 0.5) is 10.1 Å². The zero-order valence-electron chi connectivity index (χ0n) is 12.8. The first kappa shape index (κ1) is 16.0. The molecule has 2 aromatic rings. The van der Waals surface area contributed by atoms with Crippen molar-refractivity contribution in [2.75, 3.05) is 11.4 Å². The van der Waals surface area contributed by atoms with Crippen LogP contribution in [-0.4, -0.2) is 17.6 Å². The first-order valence-electron chi connectivity index (χ1n) is 7.25. The van der Waals surface area contributed by atoms with Crippen LogP contribution in [-0.2, 0) is 11.3 Å². The maximum Gasteiger partial charge on any atom is 0.308 e. The van der Waals surface area contributed by atoms with E-state index in [1.54, 1.807) is 19.1 Å². The molecule has 0 bridgehead atoms. The van der Waals surface area contributed by atoms with Gasteiger partial charge in [-0.15, -0.1) is 0 Å². The first-order chi connectivity index (χ1) is 10.5. The molecule has 1 N–H and O–H groups in total. The molecule has 2 aromatic carbocycles. The number of anilines is 1. The van der Waals surface area contributed by atoms with E-state index in [9.17, 15) is 9.18 Å². The van der Waals surface area contributed by atoms with Gasteiger partial charge in [-0.05, 0) is 42.3 Å². The number of halogens is 1. The summed E-state index contributed by atoms with van der Waals surface area (Å²) in [6.07, 6.45) is 0. The highest BCUT2D eigenvalue weighted by atomic mass is 19.1. The van der Waals surface area contributed by atoms with Gasteiger partial charge >= 0.3 is 5.97 Å². The Morgan fingerprint density at radius 1 is 1.18 bits per heavy atom. The molecule has 0 amide bonds. The summed E-state index contributed by atoms with van der Waals surface area (Å²) < 4.78 is 13.1. The van der Waals surface area contributed by atoms with E-state index in [0.717, 1.165) is 16.8 Å². The Hall–Kier alpha value is -2.36. The maximum absolute atomic E-state index is 13.1. The number of aliphatic carboxylic acids is 1. The molecule has 0 fully saturated rings. The molecule has 4 heteroatoms. The van der Waals surface area contributed by atoms with Gasteiger partial charge in [0.25, 0.3) is 0 Å². The van der Waals surface area contributed by atoms with Crippen molar-refractivity contribution in [3.8, 4) is 0 Å². The highest BCUT2D eigenvalue weighted by Crippen LogP contribution is 2.21. The van der Waals surface area contributed by atoms with E-state index in [2.05, 4.69) is 0 Å². The smallest absolute Gasteiger partial charge is 0.308 e. The van der Waals surface area contributed by atoms with Gasteiger partial charge in [-0.25, -0.2) is 4.39 Å². The Kier molecular flexibility index (Phi) is 5.15. The fourth-order valence-electron chi connectivity index (χ4n) is 2.31. The average molecular weight is 301 g/mol. The summed E-state index contributed by atoms with van der Waals surface area (Å²) in [6, 6.07) is 14.1. The minimum Gasteiger partial charge on any atom is -0.481 e. The third kappa shape index (κ3) is 4.07. The molecule has 22 heavy (non-hydrogen) atoms. The quantitative estimate of drug-likeness (QED) is 0.880. The van der Waals surface area contributed by atoms with Crippen LogP contribution in [0.5, 0.6) is 0 Å². The molecule has 0 saturated heterocycles. The lowest BCUT2D eigenvalue weighted by Crippen LogP contribution is -2.31. The summed E-state index contributed by atoms with van der Waals surface area (Å²) in [5, 5.41) is 9.16. The van der Waals surface area contributed by atoms with E-state index in [-0.39, 0.29) is 5.82 Å². The molecular weight excluding hydrogens is 281 g/mol. The van der Waals surface area contributed by atoms with Crippen LogP contribution in [0.25, 0.3) is 0 Å². The van der Waals surface area contributed by atoms with Gasteiger partial charge in [0.15, 0.2) is 0 Å². The number of carboxylic acid groups (broad SMARTS) is 1. The second-order valence-electron chi connectivity index (χ2n) is 5.52. The monoisotopic (exact) mass is 301 g/mol. The number of carbonyl (C=O) groups is 1. The Balaban J connectivity index is 2.27. The SMILES string of the molecule is Cc1ccccc1CN(CC(C)C(=O)O)c1ccc(F)cc1. The Labute approximate surface area is 130 Å². The number of aryl methyl sites for hydroxylation is 1. The van der Waals surface area contributed by atoms with E-state index < -0.39 is 11.9 Å². The molecule has 0 saturated carbocycles. The van der Waals surface area contributed by atoms with Crippen molar-refractivity contribution >= 4 is 11.7 Å². The van der Waals surface area contributed by atoms with Crippen LogP contribution in [0, 0.1) is 18.7 Å². The predicted molar refractivity (Wildman–Crippen MR) is 85.4 cm³/mol. The van der Waals surface area contributed by atoms with Crippen molar-refractivity contribution in [1.29, 1.82) is 0 Å². The van der Waals surface area contributed by atoms with Gasteiger partial charge in [-0.1, -0.05) is 31.2 Å². The second-order valence-corrected chi connectivity index (χ2v) is 5.52. The molecule has 1 unspecified atom stereocenters. The van der Waals surface area contributed by atoms with Gasteiger partial charge in [-0.3, -0.25) is 4.79 Å². The zero-order chi connectivity index (χ0) is 16.1. The molecule has 1 atom stereocenters. The molecule has 2 rings (SSSR count). The third-order valence-electron chi connectivity index (χ3n) is 3.73. The van der Waals surface area contributed by atoms with Gasteiger partial charge in [0.05, 0.1) is 5.92 Å². The van der Waals surface area contributed by atoms with Gasteiger partial charge < -0.3 is 10.0 Å². The number of carboxylic acids is 1. The molecule has 116 valence electrons. The van der Waals surface area contributed by atoms with Gasteiger partial charge in [0, 0.05) is 18.8 Å². The lowest BCUT2D eigenvalue weighted by atomic mass is 10.1. The van der Waals surface area contributed by atoms with Crippen LogP contribution in [0.1, 0.15) is 18.1 Å². The number of nitrogens with zero attached hydrogens (tertiary/aromatic N) is 1. The Bertz CT molecular complexity index is 640. The van der Waals surface area contributed by atoms with Crippen LogP contribution in [0.2, 0.25) is 0 Å². The summed E-state index contributed by atoms with van der Waals surface area (Å²) in [5.74, 6) is -1.64. The van der Waals surface area contributed by atoms with Crippen molar-refractivity contribution in [2.24, 2.45) is 5.92 Å². The summed E-state index contributed by atoms with van der Waals surface area (Å²) in [4.78, 5) is 13.1. The predicted octanol–water partition coefficient (Wildman–Crippen LogP) is 3.86. The largest absolute Gasteiger partial charge is 0.481 e. The first-order valence-corrected chi connectivity index (χ1v) is 7.25. The lowest BCUT2D eigenvalue weighted by molar-refractivity contribution is -0.140. The molecular formula is C18H20FNO2. The fourth-order valence-corrected chi connectivity index (χ4v) is 2.31. The topological polar surface area (TPSA) is 40.5 Å². The molecule has 0 aliphatic carbocycles. The summed E-state index contributed by atoms with van der Waals surface area (Å²) in [7, 11) is 0. The highest BCUT2D eigenvalue weighted by Gasteiger charge is 2.17. The number of benzene rings is 2. The van der Waals surface area contributed by atoms with E-state index in [4.69, 9.17) is 5.11 Å². The highest BCUT2D eigenvalue weighted by molar-refractivity contribution is 5.70. The van der Waals surface area contributed by atoms with Crippen LogP contribution >= 0.6 is 0 Å². The summed E-state index contributed by atoms with van der Waals surface area (Å²) >= 11 is 0. The lowest BCUT2D eigenvalue weighted by Gasteiger charge is -2.27. The average Bonchev–Trinajstić information content (AvgIpc) is 2.49. The fraction of sp³-hybridized carbons (Fsp3) is 0.278. The number of hydrogen-bond acceptors (Lipinski definition) is 2. The number of hydrogen-bond donors (Lipinski definition) is 1. The normalized spacial score (nSPS) is 12.0. The molecule has 3 nitrogen and oxygen atoms in total. The summed E-state index contributed by atoms with van der Waals surface area (Å²) in [5.41, 5.74) is 3.10. The van der Waals surface area contributed by atoms with Crippen molar-refractivity contribution in [2.45, 2.75) is 20.4 Å². The van der Waals surface area contributed by atoms with Crippen molar-refractivity contribution in [3.05, 3.63) is 65.5 Å². The molecule has 0 aliphatic heterocycles. The zero-order valence-corrected chi connectivity index (χ0v) is 12.8. The number of rotatable bonds is 6. The van der Waals surface area contributed by atoms with Crippen LogP contribution < -0.4 is 4.90 Å². The third-order valence-corrected chi connectivity index (χ3v) is 3.73. The van der Waals surface area contributed by atoms with Crippen LogP contribution in [0.15, 0.2) is 48.5 Å². The molecule has 0 aliphatic rings. The molecule has 0 spiro atoms. The van der Waals surface area contributed by atoms with Crippen molar-refractivity contribution < 1.29 is 14.3 Å².